The summed E-state index contributed by atoms with van der Waals surface area (Å²) in [5, 5.41) is 2.37. The van der Waals surface area contributed by atoms with Gasteiger partial charge in [0.2, 0.25) is 5.91 Å². The molecule has 39 heavy (non-hydrogen) atoms. The highest BCUT2D eigenvalue weighted by molar-refractivity contribution is 6.05. The second-order valence-corrected chi connectivity index (χ2v) is 11.7. The summed E-state index contributed by atoms with van der Waals surface area (Å²) in [4.78, 5) is 37.6. The van der Waals surface area contributed by atoms with E-state index in [0.29, 0.717) is 24.3 Å². The summed E-state index contributed by atoms with van der Waals surface area (Å²) >= 11 is 0. The van der Waals surface area contributed by atoms with E-state index in [4.69, 9.17) is 9.72 Å². The fourth-order valence-corrected chi connectivity index (χ4v) is 6.10. The van der Waals surface area contributed by atoms with E-state index < -0.39 is 6.03 Å². The molecule has 9 heteroatoms. The van der Waals surface area contributed by atoms with Crippen LogP contribution in [0.3, 0.4) is 0 Å². The molecule has 0 radical (unpaired) electrons. The minimum atomic E-state index is -0.424. The van der Waals surface area contributed by atoms with Crippen molar-refractivity contribution in [3.05, 3.63) is 59.4 Å². The number of anilines is 1. The summed E-state index contributed by atoms with van der Waals surface area (Å²) in [5.41, 5.74) is 3.99. The zero-order chi connectivity index (χ0) is 27.3. The average Bonchev–Trinajstić information content (AvgIpc) is 3.56. The van der Waals surface area contributed by atoms with Gasteiger partial charge in [-0.2, -0.15) is 0 Å². The average molecular weight is 529 g/mol. The third-order valence-corrected chi connectivity index (χ3v) is 8.48. The minimum absolute atomic E-state index is 0.256. The molecule has 0 bridgehead atoms. The maximum absolute atomic E-state index is 12.4. The Labute approximate surface area is 229 Å². The molecule has 3 aliphatic rings. The number of fused-ring (bicyclic) bond motifs is 1. The van der Waals surface area contributed by atoms with Crippen LogP contribution < -0.4 is 15.0 Å². The van der Waals surface area contributed by atoms with E-state index in [1.54, 1.807) is 11.1 Å². The molecule has 6 rings (SSSR count). The van der Waals surface area contributed by atoms with Crippen LogP contribution in [0.25, 0.3) is 11.5 Å². The molecule has 1 N–H and O–H groups in total. The summed E-state index contributed by atoms with van der Waals surface area (Å²) in [6, 6.07) is 12.3. The number of imidazole rings is 1. The number of imide groups is 1. The van der Waals surface area contributed by atoms with Gasteiger partial charge in [-0.1, -0.05) is 25.1 Å². The van der Waals surface area contributed by atoms with Crippen molar-refractivity contribution in [2.75, 3.05) is 11.4 Å². The van der Waals surface area contributed by atoms with Gasteiger partial charge in [-0.15, -0.1) is 0 Å². The van der Waals surface area contributed by atoms with Crippen molar-refractivity contribution in [3.8, 4) is 17.3 Å². The number of urea groups is 1. The van der Waals surface area contributed by atoms with Crippen molar-refractivity contribution in [2.24, 2.45) is 13.0 Å². The normalized spacial score (nSPS) is 22.7. The molecule has 1 aromatic carbocycles. The van der Waals surface area contributed by atoms with Gasteiger partial charge in [0, 0.05) is 33.1 Å². The quantitative estimate of drug-likeness (QED) is 0.497. The highest BCUT2D eigenvalue weighted by atomic mass is 16.5. The molecule has 0 unspecified atom stereocenters. The predicted octanol–water partition coefficient (Wildman–Crippen LogP) is 4.75. The van der Waals surface area contributed by atoms with Crippen molar-refractivity contribution in [3.63, 3.8) is 0 Å². The minimum Gasteiger partial charge on any atom is -0.490 e. The van der Waals surface area contributed by atoms with E-state index in [9.17, 15) is 9.59 Å². The van der Waals surface area contributed by atoms with Crippen LogP contribution in [-0.2, 0) is 30.5 Å². The van der Waals surface area contributed by atoms with E-state index in [1.165, 1.54) is 17.5 Å². The highest BCUT2D eigenvalue weighted by Crippen LogP contribution is 2.40. The molecule has 204 valence electrons. The molecule has 3 aromatic rings. The number of amides is 3. The van der Waals surface area contributed by atoms with Crippen LogP contribution in [0.5, 0.6) is 5.75 Å². The molecule has 2 fully saturated rings. The molecule has 1 saturated heterocycles. The Kier molecular flexibility index (Phi) is 6.41. The van der Waals surface area contributed by atoms with Crippen LogP contribution in [0.2, 0.25) is 0 Å². The van der Waals surface area contributed by atoms with Gasteiger partial charge >= 0.3 is 6.03 Å². The van der Waals surface area contributed by atoms with Crippen LogP contribution in [0, 0.1) is 5.92 Å². The molecular formula is C30H36N6O3. The SMILES string of the molecule is C[C@H]1CC[C@H](Oc2ccc(CN3Cc4ccc(-c5ncc(N6CCC(=O)NC6=O)n5C)nc4C3(C)C)cc2)C1. The number of nitrogens with one attached hydrogen (secondary N) is 1. The van der Waals surface area contributed by atoms with Crippen LogP contribution >= 0.6 is 0 Å². The molecule has 2 atom stereocenters. The number of nitrogens with zero attached hydrogens (tertiary/aromatic N) is 5. The smallest absolute Gasteiger partial charge is 0.329 e. The topological polar surface area (TPSA) is 92.6 Å². The highest BCUT2D eigenvalue weighted by Gasteiger charge is 2.39. The van der Waals surface area contributed by atoms with E-state index in [1.807, 2.05) is 17.7 Å². The standard InChI is InChI=1S/C30H36N6O3/c1-19-5-9-23(15-19)39-22-10-6-20(7-11-22)17-35-18-21-8-12-24(32-27(21)30(35,2)3)28-31-16-26(34(28)4)36-14-13-25(37)33-29(36)38/h6-8,10-12,16,19,23H,5,9,13-15,17-18H2,1-4H3,(H,33,37,38)/t19-,23-/m0/s1. The Hall–Kier alpha value is -3.72. The lowest BCUT2D eigenvalue weighted by atomic mass is 9.98. The van der Waals surface area contributed by atoms with E-state index in [-0.39, 0.29) is 17.9 Å². The molecule has 1 saturated carbocycles. The van der Waals surface area contributed by atoms with Gasteiger partial charge in [0.15, 0.2) is 5.82 Å². The first-order valence-electron chi connectivity index (χ1n) is 13.8. The number of benzene rings is 1. The van der Waals surface area contributed by atoms with Crippen LogP contribution in [0.4, 0.5) is 10.6 Å². The van der Waals surface area contributed by atoms with Gasteiger partial charge in [0.1, 0.15) is 17.3 Å². The van der Waals surface area contributed by atoms with E-state index in [0.717, 1.165) is 49.0 Å². The van der Waals surface area contributed by atoms with Gasteiger partial charge in [0.05, 0.1) is 23.5 Å². The lowest BCUT2D eigenvalue weighted by Gasteiger charge is -2.31. The van der Waals surface area contributed by atoms with E-state index in [2.05, 4.69) is 66.3 Å². The summed E-state index contributed by atoms with van der Waals surface area (Å²) in [6.45, 7) is 8.69. The molecule has 0 spiro atoms. The molecule has 3 amide bonds. The fourth-order valence-electron chi connectivity index (χ4n) is 6.10. The molecular weight excluding hydrogens is 492 g/mol. The van der Waals surface area contributed by atoms with Crippen molar-refractivity contribution in [1.29, 1.82) is 0 Å². The lowest BCUT2D eigenvalue weighted by Crippen LogP contribution is -2.50. The second-order valence-electron chi connectivity index (χ2n) is 11.7. The summed E-state index contributed by atoms with van der Waals surface area (Å²) in [5.74, 6) is 2.77. The summed E-state index contributed by atoms with van der Waals surface area (Å²) < 4.78 is 8.07. The molecule has 2 aromatic heterocycles. The number of ether oxygens (including phenoxy) is 1. The maximum atomic E-state index is 12.4. The first-order chi connectivity index (χ1) is 18.7. The summed E-state index contributed by atoms with van der Waals surface area (Å²) in [7, 11) is 1.87. The number of hydrogen-bond donors (Lipinski definition) is 1. The Morgan fingerprint density at radius 2 is 1.90 bits per heavy atom. The third kappa shape index (κ3) is 4.80. The molecule has 4 heterocycles. The summed E-state index contributed by atoms with van der Waals surface area (Å²) in [6.07, 6.45) is 5.81. The molecule has 9 nitrogen and oxygen atoms in total. The van der Waals surface area contributed by atoms with Crippen molar-refractivity contribution in [2.45, 2.75) is 71.2 Å². The number of carbonyl (C=O) groups excluding carboxylic acids is 2. The fraction of sp³-hybridized carbons (Fsp3) is 0.467. The first-order valence-corrected chi connectivity index (χ1v) is 13.8. The first kappa shape index (κ1) is 25.6. The molecule has 2 aliphatic heterocycles. The van der Waals surface area contributed by atoms with Crippen molar-refractivity contribution >= 4 is 17.8 Å². The van der Waals surface area contributed by atoms with E-state index >= 15 is 0 Å². The second kappa shape index (κ2) is 9.79. The van der Waals surface area contributed by atoms with Crippen LogP contribution in [-0.4, -0.2) is 44.0 Å². The van der Waals surface area contributed by atoms with Crippen molar-refractivity contribution in [1.82, 2.24) is 24.8 Å². The van der Waals surface area contributed by atoms with Gasteiger partial charge in [-0.3, -0.25) is 19.9 Å². The van der Waals surface area contributed by atoms with Gasteiger partial charge < -0.3 is 9.30 Å². The Morgan fingerprint density at radius 1 is 1.10 bits per heavy atom. The van der Waals surface area contributed by atoms with Gasteiger partial charge in [-0.25, -0.2) is 14.8 Å². The zero-order valence-corrected chi connectivity index (χ0v) is 23.1. The number of carbonyl (C=O) groups is 2. The number of hydrogen-bond acceptors (Lipinski definition) is 6. The Morgan fingerprint density at radius 3 is 2.62 bits per heavy atom. The number of rotatable bonds is 6. The zero-order valence-electron chi connectivity index (χ0n) is 23.1. The van der Waals surface area contributed by atoms with Crippen LogP contribution in [0.1, 0.15) is 63.3 Å². The predicted molar refractivity (Wildman–Crippen MR) is 148 cm³/mol. The van der Waals surface area contributed by atoms with Crippen molar-refractivity contribution < 1.29 is 14.3 Å². The Bertz CT molecular complexity index is 1410. The number of pyridine rings is 1. The monoisotopic (exact) mass is 528 g/mol. The maximum Gasteiger partial charge on any atom is 0.329 e. The van der Waals surface area contributed by atoms with Gasteiger partial charge in [0.25, 0.3) is 0 Å². The molecule has 1 aliphatic carbocycles. The van der Waals surface area contributed by atoms with Crippen LogP contribution in [0.15, 0.2) is 42.6 Å². The third-order valence-electron chi connectivity index (χ3n) is 8.48. The largest absolute Gasteiger partial charge is 0.490 e. The lowest BCUT2D eigenvalue weighted by molar-refractivity contribution is -0.120. The number of aromatic nitrogens is 3. The van der Waals surface area contributed by atoms with Gasteiger partial charge in [-0.05, 0) is 68.4 Å². The Balaban J connectivity index is 1.17.